The SMILES string of the molecule is NC(=O)NC(CC(=O)N1CCN(c2cccc(Cl)c2)CC1)c1ccccc1. The molecule has 0 bridgehead atoms. The number of rotatable bonds is 5. The summed E-state index contributed by atoms with van der Waals surface area (Å²) in [5.41, 5.74) is 7.21. The standard InChI is InChI=1S/C20H23ClN4O2/c21-16-7-4-8-17(13-16)24-9-11-25(12-10-24)19(26)14-18(23-20(22)27)15-5-2-1-3-6-15/h1-8,13,18H,9-12,14H2,(H3,22,23,27). The number of nitrogens with two attached hydrogens (primary N) is 1. The van der Waals surface area contributed by atoms with Gasteiger partial charge >= 0.3 is 6.03 Å². The molecular formula is C20H23ClN4O2. The van der Waals surface area contributed by atoms with Gasteiger partial charge in [-0.25, -0.2) is 4.79 Å². The minimum absolute atomic E-state index is 0.00310. The summed E-state index contributed by atoms with van der Waals surface area (Å²) in [6.07, 6.45) is 0.185. The molecule has 1 unspecified atom stereocenters. The van der Waals surface area contributed by atoms with Crippen molar-refractivity contribution in [3.8, 4) is 0 Å². The topological polar surface area (TPSA) is 78.7 Å². The molecule has 7 heteroatoms. The molecule has 1 aliphatic rings. The van der Waals surface area contributed by atoms with Crippen molar-refractivity contribution in [2.45, 2.75) is 12.5 Å². The fourth-order valence-corrected chi connectivity index (χ4v) is 3.48. The molecule has 1 fully saturated rings. The van der Waals surface area contributed by atoms with Crippen molar-refractivity contribution in [2.75, 3.05) is 31.1 Å². The van der Waals surface area contributed by atoms with Gasteiger partial charge in [-0.2, -0.15) is 0 Å². The average Bonchev–Trinajstić information content (AvgIpc) is 2.68. The van der Waals surface area contributed by atoms with Crippen LogP contribution in [0.1, 0.15) is 18.0 Å². The molecule has 0 saturated carbocycles. The van der Waals surface area contributed by atoms with Gasteiger partial charge in [0.15, 0.2) is 0 Å². The van der Waals surface area contributed by atoms with Crippen LogP contribution in [-0.4, -0.2) is 43.0 Å². The predicted octanol–water partition coefficient (Wildman–Crippen LogP) is 2.79. The number of primary amides is 1. The Bertz CT molecular complexity index is 792. The number of anilines is 1. The first kappa shape index (κ1) is 19.0. The van der Waals surface area contributed by atoms with Crippen LogP contribution in [0, 0.1) is 0 Å². The number of halogens is 1. The van der Waals surface area contributed by atoms with E-state index in [1.165, 1.54) is 0 Å². The Balaban J connectivity index is 1.60. The Kier molecular flexibility index (Phi) is 6.19. The van der Waals surface area contributed by atoms with E-state index in [-0.39, 0.29) is 12.3 Å². The highest BCUT2D eigenvalue weighted by atomic mass is 35.5. The van der Waals surface area contributed by atoms with Crippen molar-refractivity contribution in [3.63, 3.8) is 0 Å². The van der Waals surface area contributed by atoms with Crippen LogP contribution < -0.4 is 16.0 Å². The van der Waals surface area contributed by atoms with Gasteiger partial charge in [0.2, 0.25) is 5.91 Å². The van der Waals surface area contributed by atoms with Crippen molar-refractivity contribution in [2.24, 2.45) is 5.73 Å². The van der Waals surface area contributed by atoms with Crippen LogP contribution in [0.2, 0.25) is 5.02 Å². The third kappa shape index (κ3) is 5.14. The second-order valence-electron chi connectivity index (χ2n) is 6.52. The molecule has 0 aliphatic carbocycles. The fraction of sp³-hybridized carbons (Fsp3) is 0.300. The fourth-order valence-electron chi connectivity index (χ4n) is 3.30. The van der Waals surface area contributed by atoms with Crippen LogP contribution in [0.15, 0.2) is 54.6 Å². The summed E-state index contributed by atoms with van der Waals surface area (Å²) in [4.78, 5) is 28.1. The van der Waals surface area contributed by atoms with Crippen LogP contribution in [0.3, 0.4) is 0 Å². The number of hydrogen-bond acceptors (Lipinski definition) is 3. The van der Waals surface area contributed by atoms with Gasteiger partial charge in [0.25, 0.3) is 0 Å². The molecule has 1 heterocycles. The Morgan fingerprint density at radius 1 is 1.04 bits per heavy atom. The lowest BCUT2D eigenvalue weighted by Crippen LogP contribution is -2.49. The number of benzene rings is 2. The maximum Gasteiger partial charge on any atom is 0.312 e. The molecule has 3 rings (SSSR count). The molecule has 27 heavy (non-hydrogen) atoms. The maximum absolute atomic E-state index is 12.8. The number of nitrogens with zero attached hydrogens (tertiary/aromatic N) is 2. The van der Waals surface area contributed by atoms with E-state index < -0.39 is 12.1 Å². The minimum atomic E-state index is -0.637. The molecule has 2 aromatic carbocycles. The number of urea groups is 1. The summed E-state index contributed by atoms with van der Waals surface area (Å²) in [7, 11) is 0. The first-order chi connectivity index (χ1) is 13.0. The van der Waals surface area contributed by atoms with Crippen LogP contribution in [0.5, 0.6) is 0 Å². The van der Waals surface area contributed by atoms with E-state index in [4.69, 9.17) is 17.3 Å². The molecule has 0 radical (unpaired) electrons. The van der Waals surface area contributed by atoms with Crippen LogP contribution in [0.25, 0.3) is 0 Å². The van der Waals surface area contributed by atoms with Crippen molar-refractivity contribution in [1.82, 2.24) is 10.2 Å². The lowest BCUT2D eigenvalue weighted by Gasteiger charge is -2.36. The second kappa shape index (κ2) is 8.77. The summed E-state index contributed by atoms with van der Waals surface area (Å²) in [6, 6.07) is 16.1. The van der Waals surface area contributed by atoms with Gasteiger partial charge in [-0.3, -0.25) is 4.79 Å². The second-order valence-corrected chi connectivity index (χ2v) is 6.96. The Labute approximate surface area is 163 Å². The van der Waals surface area contributed by atoms with Crippen molar-refractivity contribution in [3.05, 3.63) is 65.2 Å². The summed E-state index contributed by atoms with van der Waals surface area (Å²) >= 11 is 6.06. The quantitative estimate of drug-likeness (QED) is 0.829. The highest BCUT2D eigenvalue weighted by Gasteiger charge is 2.25. The van der Waals surface area contributed by atoms with E-state index in [1.807, 2.05) is 59.5 Å². The van der Waals surface area contributed by atoms with Gasteiger partial charge in [0.05, 0.1) is 12.5 Å². The average molecular weight is 387 g/mol. The Morgan fingerprint density at radius 2 is 1.74 bits per heavy atom. The Hall–Kier alpha value is -2.73. The number of amides is 3. The van der Waals surface area contributed by atoms with E-state index in [1.54, 1.807) is 0 Å². The van der Waals surface area contributed by atoms with E-state index >= 15 is 0 Å². The monoisotopic (exact) mass is 386 g/mol. The molecule has 3 amide bonds. The van der Waals surface area contributed by atoms with Crippen LogP contribution >= 0.6 is 11.6 Å². The minimum Gasteiger partial charge on any atom is -0.368 e. The molecule has 0 aromatic heterocycles. The van der Waals surface area contributed by atoms with E-state index in [0.717, 1.165) is 24.3 Å². The highest BCUT2D eigenvalue weighted by Crippen LogP contribution is 2.22. The first-order valence-electron chi connectivity index (χ1n) is 8.92. The molecule has 6 nitrogen and oxygen atoms in total. The summed E-state index contributed by atoms with van der Waals surface area (Å²) in [5, 5.41) is 3.38. The molecular weight excluding hydrogens is 364 g/mol. The maximum atomic E-state index is 12.8. The summed E-state index contributed by atoms with van der Waals surface area (Å²) < 4.78 is 0. The van der Waals surface area contributed by atoms with E-state index in [2.05, 4.69) is 10.2 Å². The van der Waals surface area contributed by atoms with Gasteiger partial charge in [0, 0.05) is 36.9 Å². The van der Waals surface area contributed by atoms with E-state index in [9.17, 15) is 9.59 Å². The highest BCUT2D eigenvalue weighted by molar-refractivity contribution is 6.30. The zero-order valence-electron chi connectivity index (χ0n) is 15.0. The number of hydrogen-bond donors (Lipinski definition) is 2. The van der Waals surface area contributed by atoms with Crippen LogP contribution in [-0.2, 0) is 4.79 Å². The van der Waals surface area contributed by atoms with Crippen molar-refractivity contribution in [1.29, 1.82) is 0 Å². The largest absolute Gasteiger partial charge is 0.368 e. The van der Waals surface area contributed by atoms with Gasteiger partial charge in [-0.1, -0.05) is 48.0 Å². The third-order valence-electron chi connectivity index (χ3n) is 4.70. The first-order valence-corrected chi connectivity index (χ1v) is 9.30. The number of piperazine rings is 1. The van der Waals surface area contributed by atoms with Gasteiger partial charge in [-0.05, 0) is 23.8 Å². The van der Waals surface area contributed by atoms with Gasteiger partial charge in [0.1, 0.15) is 0 Å². The van der Waals surface area contributed by atoms with Gasteiger partial charge < -0.3 is 20.9 Å². The van der Waals surface area contributed by atoms with Crippen molar-refractivity contribution >= 4 is 29.2 Å². The number of carbonyl (C=O) groups is 2. The summed E-state index contributed by atoms with van der Waals surface area (Å²) in [5.74, 6) is 0.00310. The molecule has 0 spiro atoms. The predicted molar refractivity (Wildman–Crippen MR) is 107 cm³/mol. The normalized spacial score (nSPS) is 15.3. The zero-order chi connectivity index (χ0) is 19.2. The smallest absolute Gasteiger partial charge is 0.312 e. The van der Waals surface area contributed by atoms with Crippen LogP contribution in [0.4, 0.5) is 10.5 Å². The molecule has 3 N–H and O–H groups in total. The van der Waals surface area contributed by atoms with Crippen molar-refractivity contribution < 1.29 is 9.59 Å². The molecule has 142 valence electrons. The third-order valence-corrected chi connectivity index (χ3v) is 4.94. The lowest BCUT2D eigenvalue weighted by molar-refractivity contribution is -0.132. The number of carbonyl (C=O) groups excluding carboxylic acids is 2. The zero-order valence-corrected chi connectivity index (χ0v) is 15.7. The van der Waals surface area contributed by atoms with E-state index in [0.29, 0.717) is 18.1 Å². The molecule has 1 aliphatic heterocycles. The Morgan fingerprint density at radius 3 is 2.37 bits per heavy atom. The van der Waals surface area contributed by atoms with Gasteiger partial charge in [-0.15, -0.1) is 0 Å². The number of nitrogens with one attached hydrogen (secondary N) is 1. The summed E-state index contributed by atoms with van der Waals surface area (Å²) in [6.45, 7) is 2.74. The lowest BCUT2D eigenvalue weighted by atomic mass is 10.0. The molecule has 2 aromatic rings. The molecule has 1 saturated heterocycles. The molecule has 1 atom stereocenters.